The molecule has 51 valence electrons. The summed E-state index contributed by atoms with van der Waals surface area (Å²) in [6.45, 7) is 0.826. The third-order valence-electron chi connectivity index (χ3n) is 1.77. The number of aromatic hydroxyl groups is 1. The Morgan fingerprint density at radius 3 is 3.10 bits per heavy atom. The van der Waals surface area contributed by atoms with Crippen molar-refractivity contribution in [2.45, 2.75) is 6.42 Å². The van der Waals surface area contributed by atoms with Gasteiger partial charge < -0.3 is 5.11 Å². The Hall–Kier alpha value is -1.18. The van der Waals surface area contributed by atoms with Crippen molar-refractivity contribution in [2.75, 3.05) is 6.54 Å². The highest BCUT2D eigenvalue weighted by Crippen LogP contribution is 2.29. The van der Waals surface area contributed by atoms with Gasteiger partial charge in [0.2, 0.25) is 0 Å². The van der Waals surface area contributed by atoms with Crippen molar-refractivity contribution in [2.24, 2.45) is 0 Å². The molecular weight excluding hydrogens is 126 g/mol. The fourth-order valence-electron chi connectivity index (χ4n) is 1.26. The van der Waals surface area contributed by atoms with Crippen molar-refractivity contribution in [1.29, 1.82) is 0 Å². The Morgan fingerprint density at radius 2 is 2.30 bits per heavy atom. The fourth-order valence-corrected chi connectivity index (χ4v) is 1.26. The average Bonchev–Trinajstić information content (AvgIpc) is 2.36. The predicted octanol–water partition coefficient (Wildman–Crippen LogP) is 1.18. The molecule has 1 N–H and O–H groups in total. The smallest absolute Gasteiger partial charge is 0.120 e. The lowest BCUT2D eigenvalue weighted by Crippen LogP contribution is -1.88. The summed E-state index contributed by atoms with van der Waals surface area (Å²) in [5, 5.41) is 13.5. The highest BCUT2D eigenvalue weighted by atomic mass is 16.3. The summed E-state index contributed by atoms with van der Waals surface area (Å²) in [6, 6.07) is 5.46. The van der Waals surface area contributed by atoms with E-state index in [9.17, 15) is 5.11 Å². The van der Waals surface area contributed by atoms with E-state index in [0.717, 1.165) is 24.2 Å². The second-order valence-corrected chi connectivity index (χ2v) is 2.41. The van der Waals surface area contributed by atoms with Crippen LogP contribution >= 0.6 is 0 Å². The van der Waals surface area contributed by atoms with E-state index in [4.69, 9.17) is 0 Å². The van der Waals surface area contributed by atoms with Gasteiger partial charge in [0, 0.05) is 12.1 Å². The molecule has 0 saturated carbocycles. The summed E-state index contributed by atoms with van der Waals surface area (Å²) >= 11 is 0. The van der Waals surface area contributed by atoms with Gasteiger partial charge in [-0.25, -0.2) is 0 Å². The molecule has 0 spiro atoms. The van der Waals surface area contributed by atoms with Crippen LogP contribution in [0.1, 0.15) is 5.56 Å². The Labute approximate surface area is 59.5 Å². The van der Waals surface area contributed by atoms with E-state index in [1.165, 1.54) is 0 Å². The van der Waals surface area contributed by atoms with Gasteiger partial charge in [0.15, 0.2) is 0 Å². The van der Waals surface area contributed by atoms with Gasteiger partial charge in [0.25, 0.3) is 0 Å². The molecule has 0 unspecified atom stereocenters. The zero-order valence-electron chi connectivity index (χ0n) is 5.54. The average molecular weight is 134 g/mol. The molecule has 1 aliphatic heterocycles. The number of hydrogen-bond donors (Lipinski definition) is 1. The molecule has 1 aliphatic rings. The third kappa shape index (κ3) is 0.652. The normalized spacial score (nSPS) is 14.4. The lowest BCUT2D eigenvalue weighted by atomic mass is 10.1. The standard InChI is InChI=1S/C8H8NO/c10-8-3-1-2-7-6(8)4-5-9-7/h1-3,10H,4-5H2. The van der Waals surface area contributed by atoms with Gasteiger partial charge in [-0.15, -0.1) is 0 Å². The van der Waals surface area contributed by atoms with E-state index in [1.807, 2.05) is 12.1 Å². The van der Waals surface area contributed by atoms with Crippen LogP contribution in [-0.4, -0.2) is 11.7 Å². The molecule has 0 aromatic heterocycles. The van der Waals surface area contributed by atoms with Gasteiger partial charge in [-0.05, 0) is 18.6 Å². The molecule has 0 amide bonds. The SMILES string of the molecule is Oc1cccc2c1CC[N]2. The van der Waals surface area contributed by atoms with Crippen LogP contribution in [0.3, 0.4) is 0 Å². The van der Waals surface area contributed by atoms with Crippen molar-refractivity contribution in [3.8, 4) is 5.75 Å². The summed E-state index contributed by atoms with van der Waals surface area (Å²) in [6.07, 6.45) is 0.891. The predicted molar refractivity (Wildman–Crippen MR) is 38.5 cm³/mol. The molecule has 2 nitrogen and oxygen atoms in total. The number of hydrogen-bond acceptors (Lipinski definition) is 1. The van der Waals surface area contributed by atoms with E-state index in [-0.39, 0.29) is 0 Å². The quantitative estimate of drug-likeness (QED) is 0.568. The second kappa shape index (κ2) is 1.90. The number of benzene rings is 1. The monoisotopic (exact) mass is 134 g/mol. The van der Waals surface area contributed by atoms with Crippen LogP contribution in [0.2, 0.25) is 0 Å². The number of phenolic OH excluding ortho intramolecular Hbond substituents is 1. The molecule has 0 saturated heterocycles. The number of phenols is 1. The van der Waals surface area contributed by atoms with Crippen molar-refractivity contribution in [3.05, 3.63) is 23.8 Å². The van der Waals surface area contributed by atoms with E-state index >= 15 is 0 Å². The topological polar surface area (TPSA) is 34.3 Å². The first-order valence-electron chi connectivity index (χ1n) is 3.36. The first-order chi connectivity index (χ1) is 4.88. The molecule has 2 rings (SSSR count). The van der Waals surface area contributed by atoms with Crippen LogP contribution in [0, 0.1) is 0 Å². The Morgan fingerprint density at radius 1 is 1.40 bits per heavy atom. The number of fused-ring (bicyclic) bond motifs is 1. The molecular formula is C8H8NO. The zero-order chi connectivity index (χ0) is 6.97. The molecule has 10 heavy (non-hydrogen) atoms. The van der Waals surface area contributed by atoms with E-state index in [0.29, 0.717) is 5.75 Å². The minimum Gasteiger partial charge on any atom is -0.508 e. The van der Waals surface area contributed by atoms with E-state index in [1.54, 1.807) is 6.07 Å². The van der Waals surface area contributed by atoms with Gasteiger partial charge in [0.05, 0.1) is 5.69 Å². The van der Waals surface area contributed by atoms with Gasteiger partial charge in [-0.1, -0.05) is 6.07 Å². The van der Waals surface area contributed by atoms with Crippen LogP contribution in [0.4, 0.5) is 5.69 Å². The summed E-state index contributed by atoms with van der Waals surface area (Å²) in [7, 11) is 0. The molecule has 1 heterocycles. The van der Waals surface area contributed by atoms with E-state index in [2.05, 4.69) is 5.32 Å². The largest absolute Gasteiger partial charge is 0.508 e. The molecule has 0 fully saturated rings. The molecule has 0 aliphatic carbocycles. The van der Waals surface area contributed by atoms with Crippen LogP contribution in [0.15, 0.2) is 18.2 Å². The summed E-state index contributed by atoms with van der Waals surface area (Å²) in [4.78, 5) is 0. The van der Waals surface area contributed by atoms with E-state index < -0.39 is 0 Å². The third-order valence-corrected chi connectivity index (χ3v) is 1.77. The molecule has 1 aromatic carbocycles. The first kappa shape index (κ1) is 5.59. The molecule has 0 atom stereocenters. The minimum absolute atomic E-state index is 0.388. The summed E-state index contributed by atoms with van der Waals surface area (Å²) in [5.74, 6) is 0.388. The summed E-state index contributed by atoms with van der Waals surface area (Å²) in [5.41, 5.74) is 1.96. The maximum absolute atomic E-state index is 9.27. The van der Waals surface area contributed by atoms with Crippen molar-refractivity contribution >= 4 is 5.69 Å². The molecule has 1 aromatic rings. The van der Waals surface area contributed by atoms with Gasteiger partial charge >= 0.3 is 0 Å². The second-order valence-electron chi connectivity index (χ2n) is 2.41. The maximum Gasteiger partial charge on any atom is 0.120 e. The Kier molecular flexibility index (Phi) is 1.07. The first-order valence-corrected chi connectivity index (χ1v) is 3.36. The lowest BCUT2D eigenvalue weighted by Gasteiger charge is -1.97. The molecule has 1 radical (unpaired) electrons. The van der Waals surface area contributed by atoms with Crippen molar-refractivity contribution in [3.63, 3.8) is 0 Å². The van der Waals surface area contributed by atoms with Gasteiger partial charge in [-0.3, -0.25) is 5.32 Å². The van der Waals surface area contributed by atoms with Crippen molar-refractivity contribution < 1.29 is 5.11 Å². The van der Waals surface area contributed by atoms with Gasteiger partial charge in [0.1, 0.15) is 5.75 Å². The number of nitrogens with zero attached hydrogens (tertiary/aromatic N) is 1. The Balaban J connectivity index is 2.59. The van der Waals surface area contributed by atoms with Crippen LogP contribution in [0.5, 0.6) is 5.75 Å². The van der Waals surface area contributed by atoms with Crippen LogP contribution in [-0.2, 0) is 6.42 Å². The maximum atomic E-state index is 9.27. The highest BCUT2D eigenvalue weighted by molar-refractivity contribution is 5.55. The van der Waals surface area contributed by atoms with Gasteiger partial charge in [-0.2, -0.15) is 0 Å². The Bertz CT molecular complexity index is 257. The lowest BCUT2D eigenvalue weighted by molar-refractivity contribution is 0.470. The van der Waals surface area contributed by atoms with Crippen LogP contribution in [0.25, 0.3) is 0 Å². The fraction of sp³-hybridized carbons (Fsp3) is 0.250. The summed E-state index contributed by atoms with van der Waals surface area (Å²) < 4.78 is 0. The highest BCUT2D eigenvalue weighted by Gasteiger charge is 2.13. The molecule has 0 bridgehead atoms. The van der Waals surface area contributed by atoms with Crippen LogP contribution < -0.4 is 5.32 Å². The minimum atomic E-state index is 0.388. The number of rotatable bonds is 0. The molecule has 2 heteroatoms. The van der Waals surface area contributed by atoms with Crippen molar-refractivity contribution in [1.82, 2.24) is 5.32 Å². The zero-order valence-corrected chi connectivity index (χ0v) is 5.54.